The third-order valence-electron chi connectivity index (χ3n) is 2.40. The van der Waals surface area contributed by atoms with Crippen molar-refractivity contribution < 1.29 is 9.84 Å². The Balaban J connectivity index is 1.75. The number of hydrogen-bond donors (Lipinski definition) is 1. The molecule has 70 valence electrons. The van der Waals surface area contributed by atoms with E-state index in [0.29, 0.717) is 18.6 Å². The Hall–Kier alpha value is -0.860. The number of hydrogen-bond acceptors (Lipinski definition) is 2. The van der Waals surface area contributed by atoms with Crippen molar-refractivity contribution in [2.75, 3.05) is 6.61 Å². The molecule has 2 atom stereocenters. The normalized spacial score (nSPS) is 25.9. The van der Waals surface area contributed by atoms with Crippen molar-refractivity contribution in [2.24, 2.45) is 5.92 Å². The molecular weight excluding hydrogens is 164 g/mol. The summed E-state index contributed by atoms with van der Waals surface area (Å²) < 4.78 is 5.58. The van der Waals surface area contributed by atoms with Crippen LogP contribution in [0.25, 0.3) is 0 Å². The highest BCUT2D eigenvalue weighted by atomic mass is 16.5. The largest absolute Gasteiger partial charge is 0.396 e. The van der Waals surface area contributed by atoms with E-state index in [1.807, 2.05) is 18.2 Å². The van der Waals surface area contributed by atoms with Gasteiger partial charge in [-0.05, 0) is 12.0 Å². The Morgan fingerprint density at radius 2 is 2.08 bits per heavy atom. The van der Waals surface area contributed by atoms with Crippen molar-refractivity contribution >= 4 is 0 Å². The third-order valence-corrected chi connectivity index (χ3v) is 2.40. The second-order valence-corrected chi connectivity index (χ2v) is 3.51. The van der Waals surface area contributed by atoms with Gasteiger partial charge >= 0.3 is 0 Å². The number of aliphatic hydroxyl groups is 1. The molecule has 1 N–H and O–H groups in total. The van der Waals surface area contributed by atoms with Gasteiger partial charge in [-0.15, -0.1) is 0 Å². The molecule has 0 aromatic heterocycles. The third kappa shape index (κ3) is 2.29. The highest BCUT2D eigenvalue weighted by Crippen LogP contribution is 2.33. The maximum absolute atomic E-state index is 8.79. The molecule has 1 saturated carbocycles. The van der Waals surface area contributed by atoms with Gasteiger partial charge in [-0.2, -0.15) is 0 Å². The molecule has 0 unspecified atom stereocenters. The SMILES string of the molecule is OC[C@@H]1C[C@H]1OCc1ccccc1. The number of rotatable bonds is 4. The minimum absolute atomic E-state index is 0.263. The van der Waals surface area contributed by atoms with Crippen molar-refractivity contribution in [1.29, 1.82) is 0 Å². The molecule has 0 aliphatic heterocycles. The van der Waals surface area contributed by atoms with Crippen LogP contribution in [0.15, 0.2) is 30.3 Å². The van der Waals surface area contributed by atoms with Crippen molar-refractivity contribution in [3.63, 3.8) is 0 Å². The molecule has 0 bridgehead atoms. The summed E-state index contributed by atoms with van der Waals surface area (Å²) in [5, 5.41) is 8.79. The van der Waals surface area contributed by atoms with Gasteiger partial charge < -0.3 is 9.84 Å². The van der Waals surface area contributed by atoms with E-state index in [1.165, 1.54) is 5.56 Å². The van der Waals surface area contributed by atoms with Crippen molar-refractivity contribution in [1.82, 2.24) is 0 Å². The van der Waals surface area contributed by atoms with Gasteiger partial charge in [0.05, 0.1) is 12.7 Å². The second kappa shape index (κ2) is 3.90. The van der Waals surface area contributed by atoms with Crippen LogP contribution in [0.1, 0.15) is 12.0 Å². The van der Waals surface area contributed by atoms with E-state index < -0.39 is 0 Å². The van der Waals surface area contributed by atoms with Gasteiger partial charge in [0.25, 0.3) is 0 Å². The smallest absolute Gasteiger partial charge is 0.0720 e. The molecule has 2 rings (SSSR count). The maximum Gasteiger partial charge on any atom is 0.0720 e. The van der Waals surface area contributed by atoms with Crippen LogP contribution in [0, 0.1) is 5.92 Å². The lowest BCUT2D eigenvalue weighted by atomic mass is 10.2. The monoisotopic (exact) mass is 178 g/mol. The molecule has 13 heavy (non-hydrogen) atoms. The number of benzene rings is 1. The first-order valence-corrected chi connectivity index (χ1v) is 4.66. The molecule has 2 heteroatoms. The lowest BCUT2D eigenvalue weighted by Crippen LogP contribution is -1.99. The zero-order valence-corrected chi connectivity index (χ0v) is 7.52. The van der Waals surface area contributed by atoms with Crippen molar-refractivity contribution in [3.05, 3.63) is 35.9 Å². The molecular formula is C11H14O2. The molecule has 0 saturated heterocycles. The summed E-state index contributed by atoms with van der Waals surface area (Å²) in [4.78, 5) is 0. The van der Waals surface area contributed by atoms with Crippen LogP contribution in [0.2, 0.25) is 0 Å². The molecule has 0 radical (unpaired) electrons. The predicted molar refractivity (Wildman–Crippen MR) is 50.2 cm³/mol. The second-order valence-electron chi connectivity index (χ2n) is 3.51. The van der Waals surface area contributed by atoms with Gasteiger partial charge in [0, 0.05) is 12.5 Å². The minimum atomic E-state index is 0.263. The van der Waals surface area contributed by atoms with Crippen molar-refractivity contribution in [2.45, 2.75) is 19.1 Å². The first kappa shape index (κ1) is 8.73. The summed E-state index contributed by atoms with van der Waals surface area (Å²) >= 11 is 0. The molecule has 0 heterocycles. The first-order valence-electron chi connectivity index (χ1n) is 4.66. The van der Waals surface area contributed by atoms with Crippen LogP contribution in [0.5, 0.6) is 0 Å². The summed E-state index contributed by atoms with van der Waals surface area (Å²) in [7, 11) is 0. The van der Waals surface area contributed by atoms with E-state index in [0.717, 1.165) is 6.42 Å². The summed E-state index contributed by atoms with van der Waals surface area (Å²) in [6.07, 6.45) is 1.31. The van der Waals surface area contributed by atoms with Crippen LogP contribution in [-0.4, -0.2) is 17.8 Å². The van der Waals surface area contributed by atoms with E-state index in [2.05, 4.69) is 12.1 Å². The van der Waals surface area contributed by atoms with Crippen LogP contribution in [0.3, 0.4) is 0 Å². The van der Waals surface area contributed by atoms with Crippen LogP contribution in [0.4, 0.5) is 0 Å². The van der Waals surface area contributed by atoms with E-state index in [9.17, 15) is 0 Å². The zero-order valence-electron chi connectivity index (χ0n) is 7.52. The van der Waals surface area contributed by atoms with Gasteiger partial charge in [0.15, 0.2) is 0 Å². The topological polar surface area (TPSA) is 29.5 Å². The highest BCUT2D eigenvalue weighted by molar-refractivity contribution is 5.13. The summed E-state index contributed by atoms with van der Waals surface area (Å²) in [5.41, 5.74) is 1.20. The Kier molecular flexibility index (Phi) is 2.62. The average molecular weight is 178 g/mol. The van der Waals surface area contributed by atoms with Gasteiger partial charge in [-0.25, -0.2) is 0 Å². The van der Waals surface area contributed by atoms with Crippen LogP contribution >= 0.6 is 0 Å². The highest BCUT2D eigenvalue weighted by Gasteiger charge is 2.37. The van der Waals surface area contributed by atoms with Gasteiger partial charge in [-0.3, -0.25) is 0 Å². The molecule has 1 aromatic rings. The summed E-state index contributed by atoms with van der Waals surface area (Å²) in [5.74, 6) is 0.392. The maximum atomic E-state index is 8.79. The molecule has 1 aliphatic carbocycles. The fourth-order valence-electron chi connectivity index (χ4n) is 1.39. The standard InChI is InChI=1S/C11H14O2/c12-7-10-6-11(10)13-8-9-4-2-1-3-5-9/h1-5,10-12H,6-8H2/t10-,11+/m0/s1. The fraction of sp³-hybridized carbons (Fsp3) is 0.455. The van der Waals surface area contributed by atoms with Crippen molar-refractivity contribution in [3.8, 4) is 0 Å². The molecule has 1 fully saturated rings. The Morgan fingerprint density at radius 3 is 2.69 bits per heavy atom. The molecule has 0 spiro atoms. The number of aliphatic hydroxyl groups excluding tert-OH is 1. The Morgan fingerprint density at radius 1 is 1.31 bits per heavy atom. The Bertz CT molecular complexity index is 258. The van der Waals surface area contributed by atoms with E-state index in [4.69, 9.17) is 9.84 Å². The quantitative estimate of drug-likeness (QED) is 0.758. The van der Waals surface area contributed by atoms with E-state index in [-0.39, 0.29) is 6.61 Å². The molecule has 1 aliphatic rings. The molecule has 2 nitrogen and oxygen atoms in total. The zero-order chi connectivity index (χ0) is 9.10. The van der Waals surface area contributed by atoms with Gasteiger partial charge in [-0.1, -0.05) is 30.3 Å². The fourth-order valence-corrected chi connectivity index (χ4v) is 1.39. The van der Waals surface area contributed by atoms with E-state index >= 15 is 0 Å². The first-order chi connectivity index (χ1) is 6.40. The molecule has 1 aromatic carbocycles. The molecule has 0 amide bonds. The lowest BCUT2D eigenvalue weighted by molar-refractivity contribution is 0.0862. The average Bonchev–Trinajstić information content (AvgIpc) is 2.95. The van der Waals surface area contributed by atoms with Crippen LogP contribution in [-0.2, 0) is 11.3 Å². The number of ether oxygens (including phenoxy) is 1. The lowest BCUT2D eigenvalue weighted by Gasteiger charge is -2.02. The summed E-state index contributed by atoms with van der Waals surface area (Å²) in [6.45, 7) is 0.932. The van der Waals surface area contributed by atoms with E-state index in [1.54, 1.807) is 0 Å². The minimum Gasteiger partial charge on any atom is -0.396 e. The Labute approximate surface area is 78.2 Å². The van der Waals surface area contributed by atoms with Crippen LogP contribution < -0.4 is 0 Å². The summed E-state index contributed by atoms with van der Waals surface area (Å²) in [6, 6.07) is 10.1. The van der Waals surface area contributed by atoms with Gasteiger partial charge in [0.1, 0.15) is 0 Å². The van der Waals surface area contributed by atoms with Gasteiger partial charge in [0.2, 0.25) is 0 Å². The predicted octanol–water partition coefficient (Wildman–Crippen LogP) is 1.58.